The van der Waals surface area contributed by atoms with Crippen molar-refractivity contribution in [1.82, 2.24) is 14.7 Å². The number of hydrogen-bond donors (Lipinski definition) is 3. The summed E-state index contributed by atoms with van der Waals surface area (Å²) in [7, 11) is -1.31. The van der Waals surface area contributed by atoms with Gasteiger partial charge in [-0.25, -0.2) is 23.1 Å². The molecule has 0 spiro atoms. The normalized spacial score (nSPS) is 15.2. The molecule has 0 aliphatic heterocycles. The van der Waals surface area contributed by atoms with Crippen molar-refractivity contribution in [2.75, 3.05) is 37.0 Å². The number of sulfonamides is 1. The van der Waals surface area contributed by atoms with E-state index in [2.05, 4.69) is 25.3 Å². The lowest BCUT2D eigenvalue weighted by molar-refractivity contribution is 0.589. The summed E-state index contributed by atoms with van der Waals surface area (Å²) >= 11 is 0. The van der Waals surface area contributed by atoms with Crippen molar-refractivity contribution in [3.05, 3.63) is 11.4 Å². The van der Waals surface area contributed by atoms with Crippen LogP contribution >= 0.6 is 0 Å². The molecular weight excluding hydrogens is 278 g/mol. The Morgan fingerprint density at radius 2 is 1.85 bits per heavy atom. The SMILES string of the molecule is CNc1nc(C2CC2)nc(NCCNS(C)(=O)=O)c1C. The first-order valence-electron chi connectivity index (χ1n) is 6.65. The Kier molecular flexibility index (Phi) is 4.44. The fourth-order valence-corrected chi connectivity index (χ4v) is 2.36. The molecule has 0 saturated heterocycles. The molecule has 7 nitrogen and oxygen atoms in total. The van der Waals surface area contributed by atoms with Gasteiger partial charge in [-0.15, -0.1) is 0 Å². The van der Waals surface area contributed by atoms with E-state index < -0.39 is 10.0 Å². The van der Waals surface area contributed by atoms with E-state index in [-0.39, 0.29) is 0 Å². The van der Waals surface area contributed by atoms with Gasteiger partial charge in [-0.3, -0.25) is 0 Å². The largest absolute Gasteiger partial charge is 0.373 e. The lowest BCUT2D eigenvalue weighted by atomic mass is 10.2. The average molecular weight is 299 g/mol. The van der Waals surface area contributed by atoms with Crippen LogP contribution in [0.3, 0.4) is 0 Å². The van der Waals surface area contributed by atoms with E-state index in [0.717, 1.165) is 42.1 Å². The molecule has 2 rings (SSSR count). The highest BCUT2D eigenvalue weighted by molar-refractivity contribution is 7.88. The number of nitrogens with one attached hydrogen (secondary N) is 3. The Labute approximate surface area is 119 Å². The van der Waals surface area contributed by atoms with E-state index in [1.54, 1.807) is 0 Å². The van der Waals surface area contributed by atoms with Crippen LogP contribution in [0.2, 0.25) is 0 Å². The first kappa shape index (κ1) is 15.0. The molecule has 0 radical (unpaired) electrons. The number of rotatable bonds is 7. The molecule has 1 aliphatic carbocycles. The van der Waals surface area contributed by atoms with Crippen LogP contribution in [0, 0.1) is 6.92 Å². The van der Waals surface area contributed by atoms with Crippen molar-refractivity contribution in [3.63, 3.8) is 0 Å². The maximum atomic E-state index is 11.0. The van der Waals surface area contributed by atoms with Crippen molar-refractivity contribution in [2.24, 2.45) is 0 Å². The summed E-state index contributed by atoms with van der Waals surface area (Å²) in [4.78, 5) is 9.04. The van der Waals surface area contributed by atoms with Crippen molar-refractivity contribution in [3.8, 4) is 0 Å². The topological polar surface area (TPSA) is 96.0 Å². The van der Waals surface area contributed by atoms with Crippen LogP contribution in [0.15, 0.2) is 0 Å². The number of nitrogens with zero attached hydrogens (tertiary/aromatic N) is 2. The van der Waals surface area contributed by atoms with Crippen molar-refractivity contribution in [1.29, 1.82) is 0 Å². The smallest absolute Gasteiger partial charge is 0.208 e. The van der Waals surface area contributed by atoms with Crippen molar-refractivity contribution >= 4 is 21.7 Å². The summed E-state index contributed by atoms with van der Waals surface area (Å²) in [6.45, 7) is 2.75. The molecule has 20 heavy (non-hydrogen) atoms. The highest BCUT2D eigenvalue weighted by atomic mass is 32.2. The minimum atomic E-state index is -3.15. The maximum absolute atomic E-state index is 11.0. The van der Waals surface area contributed by atoms with Gasteiger partial charge in [0.05, 0.1) is 6.26 Å². The monoisotopic (exact) mass is 299 g/mol. The van der Waals surface area contributed by atoms with Gasteiger partial charge in [0.2, 0.25) is 10.0 Å². The standard InChI is InChI=1S/C12H21N5O2S/c1-8-10(13-2)16-12(9-4-5-9)17-11(8)14-6-7-15-20(3,18)19/h9,15H,4-7H2,1-3H3,(H2,13,14,16,17). The molecule has 1 aliphatic rings. The Bertz CT molecular complexity index is 584. The predicted molar refractivity (Wildman–Crippen MR) is 79.6 cm³/mol. The molecule has 3 N–H and O–H groups in total. The van der Waals surface area contributed by atoms with Gasteiger partial charge in [0, 0.05) is 31.6 Å². The van der Waals surface area contributed by atoms with E-state index in [9.17, 15) is 8.42 Å². The average Bonchev–Trinajstić information content (AvgIpc) is 3.19. The second-order valence-corrected chi connectivity index (χ2v) is 6.85. The number of aromatic nitrogens is 2. The first-order valence-corrected chi connectivity index (χ1v) is 8.54. The molecule has 112 valence electrons. The molecule has 1 fully saturated rings. The molecule has 1 aromatic heterocycles. The zero-order valence-corrected chi connectivity index (χ0v) is 12.8. The van der Waals surface area contributed by atoms with E-state index in [1.807, 2.05) is 14.0 Å². The molecule has 1 aromatic rings. The molecule has 0 bridgehead atoms. The Morgan fingerprint density at radius 1 is 1.20 bits per heavy atom. The molecular formula is C12H21N5O2S. The summed E-state index contributed by atoms with van der Waals surface area (Å²) in [5, 5.41) is 6.24. The lowest BCUT2D eigenvalue weighted by Crippen LogP contribution is -2.28. The van der Waals surface area contributed by atoms with Gasteiger partial charge in [0.15, 0.2) is 0 Å². The summed E-state index contributed by atoms with van der Waals surface area (Å²) in [6, 6.07) is 0. The van der Waals surface area contributed by atoms with Crippen LogP contribution in [0.4, 0.5) is 11.6 Å². The van der Waals surface area contributed by atoms with Gasteiger partial charge in [0.25, 0.3) is 0 Å². The molecule has 0 atom stereocenters. The van der Waals surface area contributed by atoms with Crippen molar-refractivity contribution < 1.29 is 8.42 Å². The molecule has 0 amide bonds. The number of anilines is 2. The third-order valence-electron chi connectivity index (χ3n) is 3.12. The van der Waals surface area contributed by atoms with Crippen molar-refractivity contribution in [2.45, 2.75) is 25.7 Å². The molecule has 1 heterocycles. The molecule has 8 heteroatoms. The first-order chi connectivity index (χ1) is 9.40. The Morgan fingerprint density at radius 3 is 2.40 bits per heavy atom. The van der Waals surface area contributed by atoms with Gasteiger partial charge < -0.3 is 10.6 Å². The van der Waals surface area contributed by atoms with Gasteiger partial charge in [-0.05, 0) is 19.8 Å². The lowest BCUT2D eigenvalue weighted by Gasteiger charge is -2.13. The fraction of sp³-hybridized carbons (Fsp3) is 0.667. The zero-order chi connectivity index (χ0) is 14.8. The zero-order valence-electron chi connectivity index (χ0n) is 12.0. The molecule has 0 unspecified atom stereocenters. The van der Waals surface area contributed by atoms with Crippen LogP contribution in [0.5, 0.6) is 0 Å². The van der Waals surface area contributed by atoms with E-state index in [4.69, 9.17) is 0 Å². The quantitative estimate of drug-likeness (QED) is 0.640. The summed E-state index contributed by atoms with van der Waals surface area (Å²) < 4.78 is 24.4. The number of hydrogen-bond acceptors (Lipinski definition) is 6. The van der Waals surface area contributed by atoms with Crippen LogP contribution in [0.25, 0.3) is 0 Å². The van der Waals surface area contributed by atoms with Gasteiger partial charge in [-0.1, -0.05) is 0 Å². The van der Waals surface area contributed by atoms with Gasteiger partial charge in [-0.2, -0.15) is 0 Å². The third kappa shape index (κ3) is 4.04. The highest BCUT2D eigenvalue weighted by Crippen LogP contribution is 2.39. The Balaban J connectivity index is 2.04. The molecule has 1 saturated carbocycles. The second-order valence-electron chi connectivity index (χ2n) is 5.02. The second kappa shape index (κ2) is 5.92. The van der Waals surface area contributed by atoms with E-state index in [1.165, 1.54) is 0 Å². The minimum absolute atomic E-state index is 0.329. The minimum Gasteiger partial charge on any atom is -0.373 e. The van der Waals surface area contributed by atoms with E-state index >= 15 is 0 Å². The van der Waals surface area contributed by atoms with Gasteiger partial charge in [0.1, 0.15) is 17.5 Å². The van der Waals surface area contributed by atoms with Gasteiger partial charge >= 0.3 is 0 Å². The Hall–Kier alpha value is -1.41. The summed E-state index contributed by atoms with van der Waals surface area (Å²) in [6.07, 6.45) is 3.43. The van der Waals surface area contributed by atoms with Crippen LogP contribution in [-0.2, 0) is 10.0 Å². The van der Waals surface area contributed by atoms with Crippen LogP contribution in [-0.4, -0.2) is 44.8 Å². The summed E-state index contributed by atoms with van der Waals surface area (Å²) in [5.41, 5.74) is 0.941. The predicted octanol–water partition coefficient (Wildman–Crippen LogP) is 0.665. The highest BCUT2D eigenvalue weighted by Gasteiger charge is 2.28. The molecule has 0 aromatic carbocycles. The summed E-state index contributed by atoms with van der Waals surface area (Å²) in [5.74, 6) is 2.91. The van der Waals surface area contributed by atoms with Crippen LogP contribution in [0.1, 0.15) is 30.1 Å². The fourth-order valence-electron chi connectivity index (χ4n) is 1.89. The maximum Gasteiger partial charge on any atom is 0.208 e. The van der Waals surface area contributed by atoms with E-state index in [0.29, 0.717) is 19.0 Å². The van der Waals surface area contributed by atoms with Crippen LogP contribution < -0.4 is 15.4 Å². The third-order valence-corrected chi connectivity index (χ3v) is 3.85.